The minimum atomic E-state index is -0.466. The van der Waals surface area contributed by atoms with Gasteiger partial charge in [-0.2, -0.15) is 0 Å². The molecule has 26 heavy (non-hydrogen) atoms. The number of aliphatic hydroxyl groups excluding tert-OH is 1. The molecule has 0 spiro atoms. The van der Waals surface area contributed by atoms with Gasteiger partial charge in [0.2, 0.25) is 0 Å². The van der Waals surface area contributed by atoms with Crippen LogP contribution in [0, 0.1) is 0 Å². The average Bonchev–Trinajstić information content (AvgIpc) is 2.73. The highest BCUT2D eigenvalue weighted by atomic mass is 16.5. The molecule has 0 heterocycles. The SMILES string of the molecule is OCCOCCNC(c1ccccc1)(c1ccccc1)c1ccccc1. The van der Waals surface area contributed by atoms with Crippen LogP contribution in [0.4, 0.5) is 0 Å². The third-order valence-corrected chi connectivity index (χ3v) is 4.49. The number of aliphatic hydroxyl groups is 1. The quantitative estimate of drug-likeness (QED) is 0.459. The van der Waals surface area contributed by atoms with E-state index in [1.54, 1.807) is 0 Å². The van der Waals surface area contributed by atoms with E-state index in [4.69, 9.17) is 9.84 Å². The van der Waals surface area contributed by atoms with Crippen molar-refractivity contribution in [2.24, 2.45) is 0 Å². The molecule has 3 rings (SSSR count). The van der Waals surface area contributed by atoms with Gasteiger partial charge in [0.1, 0.15) is 0 Å². The van der Waals surface area contributed by atoms with Gasteiger partial charge in [-0.25, -0.2) is 0 Å². The van der Waals surface area contributed by atoms with Gasteiger partial charge in [0.25, 0.3) is 0 Å². The van der Waals surface area contributed by atoms with Crippen LogP contribution in [-0.2, 0) is 10.3 Å². The minimum Gasteiger partial charge on any atom is -0.394 e. The van der Waals surface area contributed by atoms with E-state index in [1.165, 1.54) is 16.7 Å². The van der Waals surface area contributed by atoms with Gasteiger partial charge < -0.3 is 9.84 Å². The molecule has 0 radical (unpaired) electrons. The lowest BCUT2D eigenvalue weighted by Gasteiger charge is -2.37. The Labute approximate surface area is 155 Å². The van der Waals surface area contributed by atoms with Crippen molar-refractivity contribution in [3.8, 4) is 0 Å². The molecular weight excluding hydrogens is 322 g/mol. The zero-order valence-corrected chi connectivity index (χ0v) is 14.8. The van der Waals surface area contributed by atoms with Crippen LogP contribution >= 0.6 is 0 Å². The number of rotatable bonds is 9. The Hall–Kier alpha value is -2.46. The maximum absolute atomic E-state index is 8.91. The molecular formula is C23H25NO2. The summed E-state index contributed by atoms with van der Waals surface area (Å²) >= 11 is 0. The highest BCUT2D eigenvalue weighted by Gasteiger charge is 2.35. The molecule has 0 amide bonds. The Kier molecular flexibility index (Phi) is 6.56. The monoisotopic (exact) mass is 347 g/mol. The predicted octanol–water partition coefficient (Wildman–Crippen LogP) is 3.58. The summed E-state index contributed by atoms with van der Waals surface area (Å²) in [6, 6.07) is 31.5. The fourth-order valence-corrected chi connectivity index (χ4v) is 3.35. The van der Waals surface area contributed by atoms with Crippen LogP contribution in [0.2, 0.25) is 0 Å². The molecule has 0 aliphatic carbocycles. The van der Waals surface area contributed by atoms with Crippen LogP contribution in [0.5, 0.6) is 0 Å². The molecule has 3 aromatic carbocycles. The maximum Gasteiger partial charge on any atom is 0.0948 e. The van der Waals surface area contributed by atoms with Gasteiger partial charge in [-0.1, -0.05) is 91.0 Å². The molecule has 2 N–H and O–H groups in total. The minimum absolute atomic E-state index is 0.0429. The van der Waals surface area contributed by atoms with E-state index in [-0.39, 0.29) is 6.61 Å². The van der Waals surface area contributed by atoms with Crippen LogP contribution in [0.25, 0.3) is 0 Å². The normalized spacial score (nSPS) is 11.4. The van der Waals surface area contributed by atoms with Crippen molar-refractivity contribution < 1.29 is 9.84 Å². The molecule has 3 aromatic rings. The Morgan fingerprint density at radius 1 is 0.654 bits per heavy atom. The maximum atomic E-state index is 8.91. The third-order valence-electron chi connectivity index (χ3n) is 4.49. The molecule has 0 saturated carbocycles. The van der Waals surface area contributed by atoms with Gasteiger partial charge in [-0.3, -0.25) is 5.32 Å². The van der Waals surface area contributed by atoms with Crippen LogP contribution in [0.1, 0.15) is 16.7 Å². The van der Waals surface area contributed by atoms with E-state index in [0.717, 1.165) is 0 Å². The van der Waals surface area contributed by atoms with Crippen molar-refractivity contribution in [3.05, 3.63) is 108 Å². The van der Waals surface area contributed by atoms with Gasteiger partial charge in [0.05, 0.1) is 25.4 Å². The van der Waals surface area contributed by atoms with E-state index in [2.05, 4.69) is 78.1 Å². The molecule has 0 atom stereocenters. The summed E-state index contributed by atoms with van der Waals surface area (Å²) in [5, 5.41) is 12.6. The third kappa shape index (κ3) is 4.02. The van der Waals surface area contributed by atoms with Gasteiger partial charge in [-0.15, -0.1) is 0 Å². The van der Waals surface area contributed by atoms with Gasteiger partial charge in [0.15, 0.2) is 0 Å². The summed E-state index contributed by atoms with van der Waals surface area (Å²) in [6.07, 6.45) is 0. The van der Waals surface area contributed by atoms with Crippen LogP contribution in [0.3, 0.4) is 0 Å². The van der Waals surface area contributed by atoms with Crippen molar-refractivity contribution in [1.29, 1.82) is 0 Å². The molecule has 0 unspecified atom stereocenters. The highest BCUT2D eigenvalue weighted by Crippen LogP contribution is 2.36. The molecule has 0 aliphatic heterocycles. The Morgan fingerprint density at radius 3 is 1.46 bits per heavy atom. The number of hydrogen-bond acceptors (Lipinski definition) is 3. The highest BCUT2D eigenvalue weighted by molar-refractivity contribution is 5.49. The molecule has 0 aliphatic rings. The molecule has 0 bridgehead atoms. The van der Waals surface area contributed by atoms with E-state index in [1.807, 2.05) is 18.2 Å². The summed E-state index contributed by atoms with van der Waals surface area (Å²) < 4.78 is 5.47. The summed E-state index contributed by atoms with van der Waals surface area (Å²) in [5.41, 5.74) is 3.07. The number of benzene rings is 3. The van der Waals surface area contributed by atoms with Gasteiger partial charge in [-0.05, 0) is 16.7 Å². The summed E-state index contributed by atoms with van der Waals surface area (Å²) in [7, 11) is 0. The topological polar surface area (TPSA) is 41.5 Å². The largest absolute Gasteiger partial charge is 0.394 e. The zero-order chi connectivity index (χ0) is 18.1. The fourth-order valence-electron chi connectivity index (χ4n) is 3.35. The van der Waals surface area contributed by atoms with Crippen LogP contribution in [0.15, 0.2) is 91.0 Å². The van der Waals surface area contributed by atoms with Gasteiger partial charge in [0, 0.05) is 6.54 Å². The molecule has 3 nitrogen and oxygen atoms in total. The van der Waals surface area contributed by atoms with E-state index in [9.17, 15) is 0 Å². The molecule has 0 aromatic heterocycles. The summed E-state index contributed by atoms with van der Waals surface area (Å²) in [4.78, 5) is 0. The second kappa shape index (κ2) is 9.30. The van der Waals surface area contributed by atoms with Crippen molar-refractivity contribution in [3.63, 3.8) is 0 Å². The van der Waals surface area contributed by atoms with E-state index in [0.29, 0.717) is 19.8 Å². The van der Waals surface area contributed by atoms with E-state index >= 15 is 0 Å². The number of ether oxygens (including phenoxy) is 1. The molecule has 134 valence electrons. The summed E-state index contributed by atoms with van der Waals surface area (Å²) in [6.45, 7) is 1.60. The first-order valence-corrected chi connectivity index (χ1v) is 8.98. The number of hydrogen-bond donors (Lipinski definition) is 2. The molecule has 0 saturated heterocycles. The lowest BCUT2D eigenvalue weighted by Crippen LogP contribution is -2.46. The zero-order valence-electron chi connectivity index (χ0n) is 14.8. The Morgan fingerprint density at radius 2 is 1.08 bits per heavy atom. The lowest BCUT2D eigenvalue weighted by molar-refractivity contribution is 0.0915. The standard InChI is InChI=1S/C23H25NO2/c25-17-19-26-18-16-24-23(20-10-4-1-5-11-20,21-12-6-2-7-13-21)22-14-8-3-9-15-22/h1-15,24-25H,16-19H2. The second-order valence-electron chi connectivity index (χ2n) is 6.11. The molecule has 3 heteroatoms. The first kappa shape index (κ1) is 18.3. The van der Waals surface area contributed by atoms with Crippen molar-refractivity contribution in [1.82, 2.24) is 5.32 Å². The first-order valence-electron chi connectivity index (χ1n) is 8.98. The number of nitrogens with one attached hydrogen (secondary N) is 1. The fraction of sp³-hybridized carbons (Fsp3) is 0.217. The van der Waals surface area contributed by atoms with E-state index < -0.39 is 5.54 Å². The van der Waals surface area contributed by atoms with Crippen LogP contribution in [-0.4, -0.2) is 31.5 Å². The average molecular weight is 347 g/mol. The van der Waals surface area contributed by atoms with Crippen molar-refractivity contribution >= 4 is 0 Å². The second-order valence-corrected chi connectivity index (χ2v) is 6.11. The lowest BCUT2D eigenvalue weighted by atomic mass is 9.77. The van der Waals surface area contributed by atoms with Gasteiger partial charge >= 0.3 is 0 Å². The molecule has 0 fully saturated rings. The first-order chi connectivity index (χ1) is 12.9. The van der Waals surface area contributed by atoms with Crippen LogP contribution < -0.4 is 5.32 Å². The predicted molar refractivity (Wildman–Crippen MR) is 105 cm³/mol. The Balaban J connectivity index is 2.06. The Bertz CT molecular complexity index is 663. The smallest absolute Gasteiger partial charge is 0.0948 e. The summed E-state index contributed by atoms with van der Waals surface area (Å²) in [5.74, 6) is 0. The van der Waals surface area contributed by atoms with Crippen molar-refractivity contribution in [2.75, 3.05) is 26.4 Å². The van der Waals surface area contributed by atoms with Crippen molar-refractivity contribution in [2.45, 2.75) is 5.54 Å².